The molecular weight excluding hydrogens is 1140 g/mol. The lowest BCUT2D eigenvalue weighted by atomic mass is 10.0. The largest absolute Gasteiger partial charge is 0.508 e. The van der Waals surface area contributed by atoms with Gasteiger partial charge in [-0.3, -0.25) is 43.2 Å². The number of phenolic OH excluding ortho intramolecular Hbond substituents is 2. The Morgan fingerprint density at radius 3 is 1.70 bits per heavy atom. The van der Waals surface area contributed by atoms with Gasteiger partial charge in [-0.25, -0.2) is 0 Å². The summed E-state index contributed by atoms with van der Waals surface area (Å²) < 4.78 is 0. The lowest BCUT2D eigenvalue weighted by molar-refractivity contribution is -0.136. The molecule has 28 heteroatoms. The number of carbonyl (C=O) groups is 9. The van der Waals surface area contributed by atoms with E-state index in [9.17, 15) is 63.6 Å². The molecule has 83 heavy (non-hydrogen) atoms. The lowest BCUT2D eigenvalue weighted by Crippen LogP contribution is -2.62. The monoisotopic (exact) mass is 1210 g/mol. The fourth-order valence-electron chi connectivity index (χ4n) is 8.27. The van der Waals surface area contributed by atoms with Crippen LogP contribution in [0.5, 0.6) is 11.5 Å². The number of aliphatic hydroxyl groups excluding tert-OH is 2. The highest BCUT2D eigenvalue weighted by Gasteiger charge is 2.36. The highest BCUT2D eigenvalue weighted by atomic mass is 35.5. The Morgan fingerprint density at radius 1 is 0.639 bits per heavy atom. The molecule has 0 saturated carbocycles. The van der Waals surface area contributed by atoms with Crippen molar-refractivity contribution >= 4 is 92.0 Å². The van der Waals surface area contributed by atoms with Gasteiger partial charge in [0.25, 0.3) is 0 Å². The van der Waals surface area contributed by atoms with Gasteiger partial charge in [-0.1, -0.05) is 81.7 Å². The van der Waals surface area contributed by atoms with Gasteiger partial charge in [0.2, 0.25) is 53.2 Å². The van der Waals surface area contributed by atoms with Gasteiger partial charge in [0, 0.05) is 41.5 Å². The maximum atomic E-state index is 14.8. The number of hydrogen-bond acceptors (Lipinski definition) is 18. The number of nitrogens with two attached hydrogens (primary N) is 4. The molecule has 0 bridgehead atoms. The molecule has 4 aromatic rings. The Morgan fingerprint density at radius 2 is 1.14 bits per heavy atom. The summed E-state index contributed by atoms with van der Waals surface area (Å²) in [6.07, 6.45) is -1.69. The van der Waals surface area contributed by atoms with Crippen LogP contribution in [0.25, 0.3) is 0 Å². The molecular formula is C55H71ClN12O13S2. The smallest absolute Gasteiger partial charge is 0.245 e. The summed E-state index contributed by atoms with van der Waals surface area (Å²) in [5.41, 5.74) is 25.8. The number of primary amides is 1. The normalized spacial score (nSPS) is 21.0. The van der Waals surface area contributed by atoms with E-state index in [1.807, 2.05) is 0 Å². The van der Waals surface area contributed by atoms with Crippen molar-refractivity contribution in [2.75, 3.05) is 30.0 Å². The first-order chi connectivity index (χ1) is 39.5. The zero-order chi connectivity index (χ0) is 60.8. The molecule has 448 valence electrons. The summed E-state index contributed by atoms with van der Waals surface area (Å²) in [7, 11) is 1.88. The quantitative estimate of drug-likeness (QED) is 0.0330. The number of carbonyl (C=O) groups excluding carboxylic acids is 9. The van der Waals surface area contributed by atoms with Gasteiger partial charge in [-0.05, 0) is 110 Å². The van der Waals surface area contributed by atoms with E-state index < -0.39 is 120 Å². The molecule has 0 aliphatic carbocycles. The summed E-state index contributed by atoms with van der Waals surface area (Å²) in [6, 6.07) is 11.0. The van der Waals surface area contributed by atoms with Gasteiger partial charge in [-0.15, -0.1) is 0 Å². The van der Waals surface area contributed by atoms with Gasteiger partial charge in [0.15, 0.2) is 0 Å². The van der Waals surface area contributed by atoms with Crippen molar-refractivity contribution < 1.29 is 63.6 Å². The zero-order valence-electron chi connectivity index (χ0n) is 45.3. The van der Waals surface area contributed by atoms with Crippen molar-refractivity contribution in [3.8, 4) is 11.5 Å². The van der Waals surface area contributed by atoms with Crippen LogP contribution in [-0.4, -0.2) is 159 Å². The van der Waals surface area contributed by atoms with Crippen molar-refractivity contribution in [3.63, 3.8) is 0 Å². The third-order valence-corrected chi connectivity index (χ3v) is 15.7. The van der Waals surface area contributed by atoms with Gasteiger partial charge in [0.1, 0.15) is 59.8 Å². The second kappa shape index (κ2) is 33.0. The highest BCUT2D eigenvalue weighted by molar-refractivity contribution is 8.76. The van der Waals surface area contributed by atoms with E-state index in [4.69, 9.17) is 34.5 Å². The van der Waals surface area contributed by atoms with Gasteiger partial charge in [0.05, 0.1) is 18.8 Å². The van der Waals surface area contributed by atoms with E-state index in [1.54, 1.807) is 24.3 Å². The van der Waals surface area contributed by atoms with E-state index in [2.05, 4.69) is 42.5 Å². The standard InChI is InChI=1S/C55H71ClN12O13S2/c1-29(70)46-55(81)67-45(53(79)63-41(47(60)73)23-32-9-17-36(71)18-10-32)28-83-82-27-44(66-48(74)38(58)22-30-5-13-34(56)14-6-30)54(80)65-43(25-33-11-19-37(72)20-12-33)52(78)64-42(51(77)62-40(50(76)68-46)4-2-3-21-57)24-31-7-15-35(16-8-31)61-49(75)39(59)26-69/h5-20,29,38-46,69-72H,2-4,21-28,57-59H2,1H3,(H2,60,73)(H,61,75)(H,62,77)(H,63,79)(H,64,78)(H,65,80)(H,66,74)(H,67,81)(H,68,76)/t29?,38-,39-,40-,41+,42+,43-,44+,45-,46?/m0/s1. The van der Waals surface area contributed by atoms with Gasteiger partial charge >= 0.3 is 0 Å². The second-order valence-corrected chi connectivity index (χ2v) is 22.7. The minimum atomic E-state index is -1.78. The molecule has 20 N–H and O–H groups in total. The third-order valence-electron chi connectivity index (χ3n) is 13.0. The van der Waals surface area contributed by atoms with Crippen molar-refractivity contribution in [2.24, 2.45) is 22.9 Å². The van der Waals surface area contributed by atoms with Crippen molar-refractivity contribution in [2.45, 2.75) is 112 Å². The van der Waals surface area contributed by atoms with Crippen LogP contribution >= 0.6 is 33.2 Å². The van der Waals surface area contributed by atoms with Crippen molar-refractivity contribution in [1.29, 1.82) is 0 Å². The minimum Gasteiger partial charge on any atom is -0.508 e. The van der Waals surface area contributed by atoms with Crippen LogP contribution in [-0.2, 0) is 68.8 Å². The van der Waals surface area contributed by atoms with Crippen molar-refractivity contribution in [3.05, 3.63) is 124 Å². The number of amides is 9. The van der Waals surface area contributed by atoms with Crippen LogP contribution in [0.4, 0.5) is 5.69 Å². The molecule has 25 nitrogen and oxygen atoms in total. The number of unbranched alkanes of at least 4 members (excludes halogenated alkanes) is 1. The number of aliphatic hydroxyl groups is 2. The molecule has 10 atom stereocenters. The fraction of sp³-hybridized carbons (Fsp3) is 0.400. The predicted octanol–water partition coefficient (Wildman–Crippen LogP) is -1.61. The second-order valence-electron chi connectivity index (χ2n) is 19.7. The SMILES string of the molecule is CC(O)C1NC(=O)[C@H](CCCCN)NC(=O)[C@@H](Cc2ccc(NC(=O)[C@@H](N)CO)cc2)NC(=O)[C@H](Cc2ccc(O)cc2)NC(=O)[C@H](NC(=O)[C@@H](N)Cc2ccc(Cl)cc2)CSSC[C@@H](C(=O)N[C@H](Cc2ccc(O)cc2)C(N)=O)NC1=O. The third kappa shape index (κ3) is 21.6. The van der Waals surface area contributed by atoms with Crippen LogP contribution < -0.4 is 65.5 Å². The van der Waals surface area contributed by atoms with E-state index in [0.29, 0.717) is 33.7 Å². The molecule has 1 heterocycles. The summed E-state index contributed by atoms with van der Waals surface area (Å²) in [4.78, 5) is 126. The number of rotatable bonds is 21. The molecule has 0 radical (unpaired) electrons. The first kappa shape index (κ1) is 66.3. The Kier molecular flexibility index (Phi) is 26.3. The number of benzene rings is 4. The Labute approximate surface area is 491 Å². The minimum absolute atomic E-state index is 0.0150. The summed E-state index contributed by atoms with van der Waals surface area (Å²) in [6.45, 7) is 0.773. The van der Waals surface area contributed by atoms with Gasteiger partial charge < -0.3 is 85.9 Å². The molecule has 9 amide bonds. The summed E-state index contributed by atoms with van der Waals surface area (Å²) in [5.74, 6) is -8.88. The highest BCUT2D eigenvalue weighted by Crippen LogP contribution is 2.25. The maximum Gasteiger partial charge on any atom is 0.245 e. The molecule has 1 fully saturated rings. The lowest BCUT2D eigenvalue weighted by Gasteiger charge is -2.29. The molecule has 2 unspecified atom stereocenters. The number of halogens is 1. The molecule has 4 aromatic carbocycles. The Hall–Kier alpha value is -7.50. The number of anilines is 1. The van der Waals surface area contributed by atoms with E-state index in [-0.39, 0.29) is 73.8 Å². The van der Waals surface area contributed by atoms with Crippen LogP contribution in [0.2, 0.25) is 5.02 Å². The van der Waals surface area contributed by atoms with E-state index in [1.165, 1.54) is 79.7 Å². The molecule has 5 rings (SSSR count). The number of aromatic hydroxyl groups is 2. The van der Waals surface area contributed by atoms with Crippen LogP contribution in [0, 0.1) is 0 Å². The number of hydrogen-bond donors (Lipinski definition) is 16. The van der Waals surface area contributed by atoms with E-state index >= 15 is 0 Å². The van der Waals surface area contributed by atoms with Crippen LogP contribution in [0.15, 0.2) is 97.1 Å². The fourth-order valence-corrected chi connectivity index (χ4v) is 10.7. The van der Waals surface area contributed by atoms with Gasteiger partial charge in [-0.2, -0.15) is 0 Å². The maximum absolute atomic E-state index is 14.8. The Bertz CT molecular complexity index is 2860. The first-order valence-electron chi connectivity index (χ1n) is 26.4. The summed E-state index contributed by atoms with van der Waals surface area (Å²) in [5, 5.41) is 61.7. The van der Waals surface area contributed by atoms with Crippen LogP contribution in [0.1, 0.15) is 48.4 Å². The molecule has 0 aromatic heterocycles. The van der Waals surface area contributed by atoms with Crippen LogP contribution in [0.3, 0.4) is 0 Å². The molecule has 1 aliphatic rings. The predicted molar refractivity (Wildman–Crippen MR) is 313 cm³/mol. The zero-order valence-corrected chi connectivity index (χ0v) is 47.6. The average molecular weight is 1210 g/mol. The average Bonchev–Trinajstić information content (AvgIpc) is 3.55. The first-order valence-corrected chi connectivity index (χ1v) is 29.3. The van der Waals surface area contributed by atoms with Crippen molar-refractivity contribution in [1.82, 2.24) is 37.2 Å². The number of nitrogens with one attached hydrogen (secondary N) is 8. The molecule has 1 aliphatic heterocycles. The summed E-state index contributed by atoms with van der Waals surface area (Å²) >= 11 is 6.08. The molecule has 0 spiro atoms. The van der Waals surface area contributed by atoms with E-state index in [0.717, 1.165) is 21.6 Å². The Balaban J connectivity index is 1.58. The molecule has 1 saturated heterocycles. The number of phenols is 2. The topological polar surface area (TPSA) is 435 Å².